The van der Waals surface area contributed by atoms with Crippen LogP contribution in [0.15, 0.2) is 42.7 Å². The highest BCUT2D eigenvalue weighted by Gasteiger charge is 2.12. The number of rotatable bonds is 2. The van der Waals surface area contributed by atoms with Gasteiger partial charge >= 0.3 is 0 Å². The number of hydrogen-bond donors (Lipinski definition) is 0. The van der Waals surface area contributed by atoms with Crippen molar-refractivity contribution in [2.75, 3.05) is 31.2 Å². The lowest BCUT2D eigenvalue weighted by atomic mass is 10.3. The molecular weight excluding hydrogens is 214 g/mol. The molecule has 2 aromatic rings. The summed E-state index contributed by atoms with van der Waals surface area (Å²) in [5, 5.41) is 4.40. The zero-order chi connectivity index (χ0) is 11.5. The third-order valence-electron chi connectivity index (χ3n) is 2.97. The third kappa shape index (κ3) is 2.17. The Morgan fingerprint density at radius 3 is 2.53 bits per heavy atom. The van der Waals surface area contributed by atoms with Crippen molar-refractivity contribution in [3.63, 3.8) is 0 Å². The van der Waals surface area contributed by atoms with Gasteiger partial charge in [-0.15, -0.1) is 0 Å². The molecule has 4 nitrogen and oxygen atoms in total. The van der Waals surface area contributed by atoms with Gasteiger partial charge in [-0.1, -0.05) is 18.2 Å². The molecule has 0 saturated carbocycles. The predicted molar refractivity (Wildman–Crippen MR) is 66.6 cm³/mol. The van der Waals surface area contributed by atoms with Crippen LogP contribution in [0, 0.1) is 0 Å². The molecule has 0 N–H and O–H groups in total. The van der Waals surface area contributed by atoms with Crippen LogP contribution in [-0.2, 0) is 4.74 Å². The number of anilines is 1. The summed E-state index contributed by atoms with van der Waals surface area (Å²) in [6.45, 7) is 3.49. The lowest BCUT2D eigenvalue weighted by molar-refractivity contribution is 0.122. The van der Waals surface area contributed by atoms with Gasteiger partial charge < -0.3 is 9.64 Å². The van der Waals surface area contributed by atoms with E-state index in [9.17, 15) is 0 Å². The molecule has 88 valence electrons. The average molecular weight is 229 g/mol. The Morgan fingerprint density at radius 1 is 1.00 bits per heavy atom. The van der Waals surface area contributed by atoms with Gasteiger partial charge in [0.2, 0.25) is 0 Å². The van der Waals surface area contributed by atoms with Gasteiger partial charge in [0.15, 0.2) is 0 Å². The molecule has 1 saturated heterocycles. The molecule has 1 fully saturated rings. The lowest BCUT2D eigenvalue weighted by Gasteiger charge is -2.27. The zero-order valence-electron chi connectivity index (χ0n) is 9.62. The molecule has 0 radical (unpaired) electrons. The minimum absolute atomic E-state index is 0.802. The molecule has 0 unspecified atom stereocenters. The second kappa shape index (κ2) is 4.59. The molecule has 3 rings (SSSR count). The van der Waals surface area contributed by atoms with Gasteiger partial charge in [0.25, 0.3) is 0 Å². The highest BCUT2D eigenvalue weighted by atomic mass is 16.5. The summed E-state index contributed by atoms with van der Waals surface area (Å²) in [7, 11) is 0. The van der Waals surface area contributed by atoms with Crippen molar-refractivity contribution in [1.82, 2.24) is 9.78 Å². The predicted octanol–water partition coefficient (Wildman–Crippen LogP) is 1.71. The van der Waals surface area contributed by atoms with Crippen molar-refractivity contribution in [2.24, 2.45) is 0 Å². The number of nitrogens with zero attached hydrogens (tertiary/aromatic N) is 3. The fraction of sp³-hybridized carbons (Fsp3) is 0.308. The van der Waals surface area contributed by atoms with Crippen molar-refractivity contribution in [2.45, 2.75) is 0 Å². The minimum Gasteiger partial charge on any atom is -0.378 e. The van der Waals surface area contributed by atoms with E-state index in [1.54, 1.807) is 0 Å². The fourth-order valence-corrected chi connectivity index (χ4v) is 2.02. The van der Waals surface area contributed by atoms with Crippen molar-refractivity contribution >= 4 is 5.69 Å². The molecule has 1 aliphatic rings. The number of morpholine rings is 1. The van der Waals surface area contributed by atoms with E-state index in [4.69, 9.17) is 4.74 Å². The molecule has 17 heavy (non-hydrogen) atoms. The highest BCUT2D eigenvalue weighted by molar-refractivity contribution is 5.45. The van der Waals surface area contributed by atoms with E-state index in [0.29, 0.717) is 0 Å². The Labute approximate surface area is 100 Å². The maximum absolute atomic E-state index is 5.34. The highest BCUT2D eigenvalue weighted by Crippen LogP contribution is 2.16. The molecule has 0 spiro atoms. The molecule has 0 bridgehead atoms. The van der Waals surface area contributed by atoms with E-state index < -0.39 is 0 Å². The van der Waals surface area contributed by atoms with Crippen molar-refractivity contribution in [3.05, 3.63) is 42.7 Å². The Kier molecular flexibility index (Phi) is 2.80. The Hall–Kier alpha value is -1.81. The molecule has 0 amide bonds. The number of ether oxygens (including phenoxy) is 1. The van der Waals surface area contributed by atoms with Gasteiger partial charge in [0.1, 0.15) is 0 Å². The number of benzene rings is 1. The summed E-state index contributed by atoms with van der Waals surface area (Å²) in [5.74, 6) is 0. The van der Waals surface area contributed by atoms with Crippen LogP contribution in [0.25, 0.3) is 5.69 Å². The maximum Gasteiger partial charge on any atom is 0.0758 e. The summed E-state index contributed by atoms with van der Waals surface area (Å²) >= 11 is 0. The van der Waals surface area contributed by atoms with E-state index >= 15 is 0 Å². The van der Waals surface area contributed by atoms with Crippen LogP contribution in [0.1, 0.15) is 0 Å². The van der Waals surface area contributed by atoms with E-state index in [0.717, 1.165) is 37.7 Å². The van der Waals surface area contributed by atoms with Crippen LogP contribution in [0.2, 0.25) is 0 Å². The van der Waals surface area contributed by atoms with Crippen LogP contribution >= 0.6 is 0 Å². The quantitative estimate of drug-likeness (QED) is 0.785. The average Bonchev–Trinajstić information content (AvgIpc) is 2.90. The van der Waals surface area contributed by atoms with Crippen LogP contribution in [0.4, 0.5) is 5.69 Å². The smallest absolute Gasteiger partial charge is 0.0758 e. The summed E-state index contributed by atoms with van der Waals surface area (Å²) in [6.07, 6.45) is 3.99. The van der Waals surface area contributed by atoms with E-state index in [2.05, 4.69) is 28.3 Å². The van der Waals surface area contributed by atoms with Crippen LogP contribution in [0.5, 0.6) is 0 Å². The second-order valence-electron chi connectivity index (χ2n) is 4.08. The summed E-state index contributed by atoms with van der Waals surface area (Å²) < 4.78 is 7.25. The van der Waals surface area contributed by atoms with Gasteiger partial charge in [0.05, 0.1) is 37.0 Å². The van der Waals surface area contributed by atoms with Gasteiger partial charge in [-0.2, -0.15) is 5.10 Å². The zero-order valence-corrected chi connectivity index (χ0v) is 9.62. The first kappa shape index (κ1) is 10.4. The summed E-state index contributed by atoms with van der Waals surface area (Å²) in [6, 6.07) is 10.2. The largest absolute Gasteiger partial charge is 0.378 e. The standard InChI is InChI=1S/C13H15N3O/c1-2-4-12(5-3-1)16-11-13(10-14-16)15-6-8-17-9-7-15/h1-5,10-11H,6-9H2. The molecule has 4 heteroatoms. The molecule has 1 aliphatic heterocycles. The normalized spacial score (nSPS) is 16.1. The SMILES string of the molecule is c1ccc(-n2cc(N3CCOCC3)cn2)cc1. The topological polar surface area (TPSA) is 30.3 Å². The van der Waals surface area contributed by atoms with Crippen LogP contribution < -0.4 is 4.90 Å². The summed E-state index contributed by atoms with van der Waals surface area (Å²) in [5.41, 5.74) is 2.25. The van der Waals surface area contributed by atoms with E-state index in [1.165, 1.54) is 0 Å². The maximum atomic E-state index is 5.34. The number of hydrogen-bond acceptors (Lipinski definition) is 3. The number of para-hydroxylation sites is 1. The van der Waals surface area contributed by atoms with Crippen LogP contribution in [-0.4, -0.2) is 36.1 Å². The van der Waals surface area contributed by atoms with Crippen molar-refractivity contribution in [3.8, 4) is 5.69 Å². The Morgan fingerprint density at radius 2 is 1.76 bits per heavy atom. The summed E-state index contributed by atoms with van der Waals surface area (Å²) in [4.78, 5) is 2.30. The van der Waals surface area contributed by atoms with Gasteiger partial charge in [-0.25, -0.2) is 4.68 Å². The minimum atomic E-state index is 0.802. The first-order valence-corrected chi connectivity index (χ1v) is 5.86. The van der Waals surface area contributed by atoms with Gasteiger partial charge in [-0.05, 0) is 12.1 Å². The monoisotopic (exact) mass is 229 g/mol. The Bertz CT molecular complexity index is 474. The first-order chi connectivity index (χ1) is 8.43. The van der Waals surface area contributed by atoms with E-state index in [-0.39, 0.29) is 0 Å². The molecule has 1 aromatic carbocycles. The molecule has 0 aliphatic carbocycles. The van der Waals surface area contributed by atoms with Gasteiger partial charge in [-0.3, -0.25) is 0 Å². The molecule has 1 aromatic heterocycles. The molecular formula is C13H15N3O. The van der Waals surface area contributed by atoms with Crippen LogP contribution in [0.3, 0.4) is 0 Å². The fourth-order valence-electron chi connectivity index (χ4n) is 2.02. The van der Waals surface area contributed by atoms with E-state index in [1.807, 2.05) is 29.1 Å². The first-order valence-electron chi connectivity index (χ1n) is 5.86. The number of aromatic nitrogens is 2. The second-order valence-corrected chi connectivity index (χ2v) is 4.08. The third-order valence-corrected chi connectivity index (χ3v) is 2.97. The molecule has 0 atom stereocenters. The Balaban J connectivity index is 1.83. The van der Waals surface area contributed by atoms with Gasteiger partial charge in [0, 0.05) is 13.1 Å². The van der Waals surface area contributed by atoms with Crippen molar-refractivity contribution < 1.29 is 4.74 Å². The van der Waals surface area contributed by atoms with Crippen molar-refractivity contribution in [1.29, 1.82) is 0 Å². The lowest BCUT2D eigenvalue weighted by Crippen LogP contribution is -2.35. The molecule has 2 heterocycles.